The molecule has 5 nitrogen and oxygen atoms in total. The molecule has 0 aromatic heterocycles. The van der Waals surface area contributed by atoms with Gasteiger partial charge in [0.05, 0.1) is 19.6 Å². The molecule has 20 heavy (non-hydrogen) atoms. The Morgan fingerprint density at radius 1 is 1.30 bits per heavy atom. The molecule has 0 radical (unpaired) electrons. The van der Waals surface area contributed by atoms with Crippen LogP contribution in [0.1, 0.15) is 32.6 Å². The van der Waals surface area contributed by atoms with Gasteiger partial charge in [-0.3, -0.25) is 14.4 Å². The number of hydrogen-bond donors (Lipinski definition) is 0. The zero-order chi connectivity index (χ0) is 14.5. The molecule has 1 aliphatic heterocycles. The first kappa shape index (κ1) is 13.6. The van der Waals surface area contributed by atoms with Crippen molar-refractivity contribution in [2.45, 2.75) is 32.6 Å². The van der Waals surface area contributed by atoms with Crippen LogP contribution in [0.3, 0.4) is 0 Å². The first-order valence-electron chi connectivity index (χ1n) is 7.31. The summed E-state index contributed by atoms with van der Waals surface area (Å²) in [5.41, 5.74) is -1.29. The lowest BCUT2D eigenvalue weighted by molar-refractivity contribution is -0.170. The summed E-state index contributed by atoms with van der Waals surface area (Å²) in [6.45, 7) is 2.41. The molecule has 0 amide bonds. The monoisotopic (exact) mass is 280 g/mol. The molecule has 0 spiro atoms. The smallest absolute Gasteiger partial charge is 0.320 e. The van der Waals surface area contributed by atoms with Crippen LogP contribution < -0.4 is 0 Å². The second-order valence-corrected chi connectivity index (χ2v) is 6.35. The maximum Gasteiger partial charge on any atom is 0.320 e. The number of hydrogen-bond acceptors (Lipinski definition) is 5. The van der Waals surface area contributed by atoms with Crippen LogP contribution in [-0.4, -0.2) is 31.4 Å². The van der Waals surface area contributed by atoms with Gasteiger partial charge in [-0.2, -0.15) is 0 Å². The van der Waals surface area contributed by atoms with E-state index in [2.05, 4.69) is 6.92 Å². The van der Waals surface area contributed by atoms with Crippen molar-refractivity contribution in [3.63, 3.8) is 0 Å². The van der Waals surface area contributed by atoms with E-state index in [0.717, 1.165) is 12.8 Å². The summed E-state index contributed by atoms with van der Waals surface area (Å²) in [7, 11) is 1.30. The fourth-order valence-corrected chi connectivity index (χ4v) is 4.68. The van der Waals surface area contributed by atoms with Crippen LogP contribution in [-0.2, 0) is 23.9 Å². The zero-order valence-corrected chi connectivity index (χ0v) is 11.9. The highest BCUT2D eigenvalue weighted by Crippen LogP contribution is 2.58. The van der Waals surface area contributed by atoms with Crippen molar-refractivity contribution in [3.8, 4) is 0 Å². The first-order chi connectivity index (χ1) is 9.53. The van der Waals surface area contributed by atoms with Crippen LogP contribution in [0.5, 0.6) is 0 Å². The largest absolute Gasteiger partial charge is 0.468 e. The van der Waals surface area contributed by atoms with Crippen molar-refractivity contribution in [1.82, 2.24) is 0 Å². The predicted octanol–water partition coefficient (Wildman–Crippen LogP) is 1.34. The van der Waals surface area contributed by atoms with E-state index in [0.29, 0.717) is 19.4 Å². The standard InChI is InChI=1S/C15H20O5/c1-8-3-4-9-7-20-13(17)12(9)15(14(18)19-2)10(8)5-6-11(15)16/h8-10,12H,3-7H2,1-2H3/t8-,9+,10+,12-,15+/m1/s1. The van der Waals surface area contributed by atoms with Gasteiger partial charge < -0.3 is 9.47 Å². The average molecular weight is 280 g/mol. The number of ketones is 1. The third kappa shape index (κ3) is 1.52. The van der Waals surface area contributed by atoms with Crippen LogP contribution in [0.2, 0.25) is 0 Å². The number of Topliss-reactive ketones (excluding diaryl/α,β-unsaturated/α-hetero) is 1. The summed E-state index contributed by atoms with van der Waals surface area (Å²) < 4.78 is 10.1. The van der Waals surface area contributed by atoms with Gasteiger partial charge in [-0.15, -0.1) is 0 Å². The zero-order valence-electron chi connectivity index (χ0n) is 11.9. The molecule has 2 aliphatic carbocycles. The van der Waals surface area contributed by atoms with E-state index in [1.165, 1.54) is 7.11 Å². The molecule has 0 bridgehead atoms. The minimum atomic E-state index is -1.29. The number of esters is 2. The van der Waals surface area contributed by atoms with Gasteiger partial charge in [0.1, 0.15) is 5.41 Å². The SMILES string of the molecule is COC(=O)[C@]12C(=O)CC[C@H]1[C@H](C)CC[C@H]1COC(=O)[C@@H]12. The van der Waals surface area contributed by atoms with E-state index in [1.54, 1.807) is 0 Å². The number of ether oxygens (including phenoxy) is 2. The molecule has 3 fully saturated rings. The Hall–Kier alpha value is -1.39. The van der Waals surface area contributed by atoms with Gasteiger partial charge in [0.2, 0.25) is 0 Å². The third-order valence-corrected chi connectivity index (χ3v) is 5.59. The molecular weight excluding hydrogens is 260 g/mol. The van der Waals surface area contributed by atoms with Gasteiger partial charge in [0.15, 0.2) is 5.78 Å². The van der Waals surface area contributed by atoms with E-state index in [-0.39, 0.29) is 23.5 Å². The molecule has 3 aliphatic rings. The molecule has 0 aromatic rings. The molecule has 1 saturated heterocycles. The summed E-state index contributed by atoms with van der Waals surface area (Å²) in [5.74, 6) is -1.57. The maximum absolute atomic E-state index is 12.6. The Morgan fingerprint density at radius 2 is 2.05 bits per heavy atom. The highest BCUT2D eigenvalue weighted by atomic mass is 16.5. The molecule has 5 atom stereocenters. The molecule has 0 unspecified atom stereocenters. The van der Waals surface area contributed by atoms with Crippen molar-refractivity contribution < 1.29 is 23.9 Å². The van der Waals surface area contributed by atoms with Crippen LogP contribution >= 0.6 is 0 Å². The third-order valence-electron chi connectivity index (χ3n) is 5.59. The maximum atomic E-state index is 12.6. The van der Waals surface area contributed by atoms with Gasteiger partial charge in [-0.25, -0.2) is 0 Å². The van der Waals surface area contributed by atoms with Gasteiger partial charge >= 0.3 is 11.9 Å². The molecule has 5 heteroatoms. The molecule has 1 heterocycles. The molecular formula is C15H20O5. The quantitative estimate of drug-likeness (QED) is 0.535. The summed E-state index contributed by atoms with van der Waals surface area (Å²) in [4.78, 5) is 37.3. The van der Waals surface area contributed by atoms with Gasteiger partial charge in [-0.05, 0) is 31.1 Å². The lowest BCUT2D eigenvalue weighted by Crippen LogP contribution is -2.51. The lowest BCUT2D eigenvalue weighted by atomic mass is 9.63. The normalized spacial score (nSPS) is 43.5. The Morgan fingerprint density at radius 3 is 2.75 bits per heavy atom. The van der Waals surface area contributed by atoms with E-state index in [4.69, 9.17) is 9.47 Å². The van der Waals surface area contributed by atoms with Crippen LogP contribution in [0.25, 0.3) is 0 Å². The molecule has 0 N–H and O–H groups in total. The number of cyclic esters (lactones) is 1. The van der Waals surface area contributed by atoms with Crippen LogP contribution in [0, 0.1) is 29.1 Å². The van der Waals surface area contributed by atoms with E-state index in [9.17, 15) is 14.4 Å². The van der Waals surface area contributed by atoms with E-state index in [1.807, 2.05) is 0 Å². The Labute approximate surface area is 118 Å². The number of rotatable bonds is 1. The van der Waals surface area contributed by atoms with Crippen LogP contribution in [0.15, 0.2) is 0 Å². The Kier molecular flexibility index (Phi) is 3.10. The van der Waals surface area contributed by atoms with Gasteiger partial charge in [0, 0.05) is 12.3 Å². The van der Waals surface area contributed by atoms with E-state index < -0.39 is 23.3 Å². The Bertz CT molecular complexity index is 471. The average Bonchev–Trinajstić information content (AvgIpc) is 2.93. The van der Waals surface area contributed by atoms with Crippen molar-refractivity contribution in [2.24, 2.45) is 29.1 Å². The molecule has 0 aromatic carbocycles. The second-order valence-electron chi connectivity index (χ2n) is 6.35. The fraction of sp³-hybridized carbons (Fsp3) is 0.800. The lowest BCUT2D eigenvalue weighted by Gasteiger charge is -2.36. The van der Waals surface area contributed by atoms with Gasteiger partial charge in [-0.1, -0.05) is 6.92 Å². The number of fused-ring (bicyclic) bond motifs is 3. The summed E-state index contributed by atoms with van der Waals surface area (Å²) in [6.07, 6.45) is 2.79. The number of carbonyl (C=O) groups is 3. The Balaban J connectivity index is 2.17. The summed E-state index contributed by atoms with van der Waals surface area (Å²) in [5, 5.41) is 0. The number of methoxy groups -OCH3 is 1. The van der Waals surface area contributed by atoms with Crippen molar-refractivity contribution >= 4 is 17.7 Å². The highest BCUT2D eigenvalue weighted by Gasteiger charge is 2.68. The summed E-state index contributed by atoms with van der Waals surface area (Å²) in [6, 6.07) is 0. The molecule has 3 rings (SSSR count). The van der Waals surface area contributed by atoms with Crippen molar-refractivity contribution in [1.29, 1.82) is 0 Å². The fourth-order valence-electron chi connectivity index (χ4n) is 4.68. The molecule has 110 valence electrons. The van der Waals surface area contributed by atoms with Crippen LogP contribution in [0.4, 0.5) is 0 Å². The van der Waals surface area contributed by atoms with Crippen molar-refractivity contribution in [2.75, 3.05) is 13.7 Å². The second kappa shape index (κ2) is 4.57. The topological polar surface area (TPSA) is 69.7 Å². The molecule has 2 saturated carbocycles. The number of carbonyl (C=O) groups excluding carboxylic acids is 3. The van der Waals surface area contributed by atoms with Crippen molar-refractivity contribution in [3.05, 3.63) is 0 Å². The first-order valence-corrected chi connectivity index (χ1v) is 7.31. The summed E-state index contributed by atoms with van der Waals surface area (Å²) >= 11 is 0. The van der Waals surface area contributed by atoms with Gasteiger partial charge in [0.25, 0.3) is 0 Å². The minimum absolute atomic E-state index is 0.0314. The highest BCUT2D eigenvalue weighted by molar-refractivity contribution is 6.09. The predicted molar refractivity (Wildman–Crippen MR) is 68.5 cm³/mol. The minimum Gasteiger partial charge on any atom is -0.468 e. The van der Waals surface area contributed by atoms with E-state index >= 15 is 0 Å².